The molecule has 10 heteroatoms. The Morgan fingerprint density at radius 3 is 2.56 bits per heavy atom. The summed E-state index contributed by atoms with van der Waals surface area (Å²) in [5.41, 5.74) is -0.830. The Balaban J connectivity index is 2.02. The van der Waals surface area contributed by atoms with E-state index < -0.39 is 30.2 Å². The minimum Gasteiger partial charge on any atom is -0.452 e. The third-order valence-electron chi connectivity index (χ3n) is 3.14. The maximum Gasteiger partial charge on any atom is 0.416 e. The zero-order valence-corrected chi connectivity index (χ0v) is 13.8. The fourth-order valence-corrected chi connectivity index (χ4v) is 2.13. The fraction of sp³-hybridized carbons (Fsp3) is 0.267. The number of esters is 1. The molecule has 0 aliphatic heterocycles. The molecule has 1 aromatic carbocycles. The van der Waals surface area contributed by atoms with Crippen LogP contribution in [0.2, 0.25) is 5.02 Å². The number of benzene rings is 1. The quantitative estimate of drug-likeness (QED) is 0.822. The number of hydrogen-bond donors (Lipinski definition) is 1. The monoisotopic (exact) mass is 376 g/mol. The Kier molecular flexibility index (Phi) is 5.36. The molecule has 6 nitrogen and oxygen atoms in total. The van der Waals surface area contributed by atoms with E-state index in [0.29, 0.717) is 11.8 Å². The Bertz CT molecular complexity index is 798. The number of amides is 1. The summed E-state index contributed by atoms with van der Waals surface area (Å²) < 4.78 is 47.7. The molecule has 0 atom stereocenters. The van der Waals surface area contributed by atoms with Crippen LogP contribution in [-0.2, 0) is 15.7 Å². The number of ether oxygens (including phenoxy) is 1. The maximum atomic E-state index is 12.7. The van der Waals surface area contributed by atoms with Crippen LogP contribution < -0.4 is 5.32 Å². The van der Waals surface area contributed by atoms with E-state index >= 15 is 0 Å². The molecule has 134 valence electrons. The number of anilines is 1. The SMILES string of the molecule is Cc1noc(C)c1C(=O)OCC(=O)Nc1cc(C(F)(F)F)ccc1Cl. The standard InChI is InChI=1S/C15H12ClF3N2O4/c1-7-13(8(2)25-21-7)14(23)24-6-12(22)20-11-5-9(15(17,18)19)3-4-10(11)16/h3-5H,6H2,1-2H3,(H,20,22). The van der Waals surface area contributed by atoms with Crippen LogP contribution in [0.15, 0.2) is 22.7 Å². The number of alkyl halides is 3. The van der Waals surface area contributed by atoms with Gasteiger partial charge in [0.2, 0.25) is 0 Å². The first-order chi connectivity index (χ1) is 11.6. The van der Waals surface area contributed by atoms with Gasteiger partial charge in [0.25, 0.3) is 5.91 Å². The van der Waals surface area contributed by atoms with Crippen LogP contribution >= 0.6 is 11.6 Å². The van der Waals surface area contributed by atoms with Gasteiger partial charge in [-0.25, -0.2) is 4.79 Å². The number of carbonyl (C=O) groups excluding carboxylic acids is 2. The van der Waals surface area contributed by atoms with Crippen molar-refractivity contribution < 1.29 is 32.0 Å². The molecule has 0 radical (unpaired) electrons. The van der Waals surface area contributed by atoms with Crippen LogP contribution in [-0.4, -0.2) is 23.6 Å². The van der Waals surface area contributed by atoms with Gasteiger partial charge in [-0.1, -0.05) is 16.8 Å². The molecule has 1 N–H and O–H groups in total. The van der Waals surface area contributed by atoms with E-state index in [1.54, 1.807) is 0 Å². The number of nitrogens with zero attached hydrogens (tertiary/aromatic N) is 1. The lowest BCUT2D eigenvalue weighted by Gasteiger charge is -2.11. The predicted molar refractivity (Wildman–Crippen MR) is 81.3 cm³/mol. The third kappa shape index (κ3) is 4.50. The highest BCUT2D eigenvalue weighted by molar-refractivity contribution is 6.33. The first kappa shape index (κ1) is 18.8. The third-order valence-corrected chi connectivity index (χ3v) is 3.47. The summed E-state index contributed by atoms with van der Waals surface area (Å²) in [6.45, 7) is 2.31. The maximum absolute atomic E-state index is 12.7. The lowest BCUT2D eigenvalue weighted by atomic mass is 10.2. The number of aromatic nitrogens is 1. The van der Waals surface area contributed by atoms with Gasteiger partial charge in [-0.3, -0.25) is 4.79 Å². The van der Waals surface area contributed by atoms with E-state index in [4.69, 9.17) is 20.9 Å². The van der Waals surface area contributed by atoms with E-state index in [0.717, 1.165) is 12.1 Å². The molecule has 0 bridgehead atoms. The molecule has 2 rings (SSSR count). The molecule has 1 heterocycles. The second-order valence-corrected chi connectivity index (χ2v) is 5.42. The van der Waals surface area contributed by atoms with Crippen molar-refractivity contribution in [1.29, 1.82) is 0 Å². The van der Waals surface area contributed by atoms with Crippen molar-refractivity contribution >= 4 is 29.2 Å². The van der Waals surface area contributed by atoms with Gasteiger partial charge in [-0.2, -0.15) is 13.2 Å². The molecule has 0 fully saturated rings. The van der Waals surface area contributed by atoms with Gasteiger partial charge in [-0.15, -0.1) is 0 Å². The second-order valence-electron chi connectivity index (χ2n) is 5.02. The molecular formula is C15H12ClF3N2O4. The van der Waals surface area contributed by atoms with Crippen LogP contribution in [0.25, 0.3) is 0 Å². The summed E-state index contributed by atoms with van der Waals surface area (Å²) in [6, 6.07) is 2.49. The van der Waals surface area contributed by atoms with Crippen LogP contribution in [0.1, 0.15) is 27.4 Å². The van der Waals surface area contributed by atoms with Crippen LogP contribution in [0.5, 0.6) is 0 Å². The van der Waals surface area contributed by atoms with Gasteiger partial charge in [0, 0.05) is 0 Å². The average molecular weight is 377 g/mol. The molecule has 0 aliphatic carbocycles. The second kappa shape index (κ2) is 7.14. The highest BCUT2D eigenvalue weighted by atomic mass is 35.5. The van der Waals surface area contributed by atoms with Gasteiger partial charge < -0.3 is 14.6 Å². The molecule has 1 amide bonds. The smallest absolute Gasteiger partial charge is 0.416 e. The van der Waals surface area contributed by atoms with Gasteiger partial charge in [0.05, 0.1) is 22.0 Å². The van der Waals surface area contributed by atoms with Crippen molar-refractivity contribution in [2.75, 3.05) is 11.9 Å². The summed E-state index contributed by atoms with van der Waals surface area (Å²) in [5.74, 6) is -1.45. The van der Waals surface area contributed by atoms with Crippen molar-refractivity contribution in [2.24, 2.45) is 0 Å². The summed E-state index contributed by atoms with van der Waals surface area (Å²) in [4.78, 5) is 23.7. The van der Waals surface area contributed by atoms with E-state index in [9.17, 15) is 22.8 Å². The predicted octanol–water partition coefficient (Wildman–Crippen LogP) is 3.76. The van der Waals surface area contributed by atoms with Crippen molar-refractivity contribution in [3.8, 4) is 0 Å². The minimum absolute atomic E-state index is 0.0848. The Hall–Kier alpha value is -2.55. The van der Waals surface area contributed by atoms with Crippen LogP contribution in [0.4, 0.5) is 18.9 Å². The van der Waals surface area contributed by atoms with Crippen molar-refractivity contribution in [3.63, 3.8) is 0 Å². The number of aryl methyl sites for hydroxylation is 2. The number of nitrogens with one attached hydrogen (secondary N) is 1. The lowest BCUT2D eigenvalue weighted by molar-refractivity contribution is -0.137. The van der Waals surface area contributed by atoms with Gasteiger partial charge in [0.1, 0.15) is 11.3 Å². The van der Waals surface area contributed by atoms with E-state index in [2.05, 4.69) is 10.5 Å². The Morgan fingerprint density at radius 2 is 2.00 bits per heavy atom. The topological polar surface area (TPSA) is 81.4 Å². The highest BCUT2D eigenvalue weighted by Gasteiger charge is 2.31. The largest absolute Gasteiger partial charge is 0.452 e. The first-order valence-electron chi connectivity index (χ1n) is 6.86. The fourth-order valence-electron chi connectivity index (χ4n) is 1.96. The van der Waals surface area contributed by atoms with Gasteiger partial charge >= 0.3 is 12.1 Å². The molecule has 25 heavy (non-hydrogen) atoms. The molecule has 0 aliphatic rings. The molecule has 0 saturated heterocycles. The molecule has 1 aromatic heterocycles. The number of hydrogen-bond acceptors (Lipinski definition) is 5. The zero-order chi connectivity index (χ0) is 18.8. The van der Waals surface area contributed by atoms with Crippen LogP contribution in [0, 0.1) is 13.8 Å². The Labute approximate surface area is 144 Å². The van der Waals surface area contributed by atoms with Crippen molar-refractivity contribution in [2.45, 2.75) is 20.0 Å². The van der Waals surface area contributed by atoms with E-state index in [1.807, 2.05) is 0 Å². The van der Waals surface area contributed by atoms with E-state index in [-0.39, 0.29) is 22.0 Å². The summed E-state index contributed by atoms with van der Waals surface area (Å²) in [5, 5.41) is 5.66. The molecule has 0 spiro atoms. The normalized spacial score (nSPS) is 11.3. The lowest BCUT2D eigenvalue weighted by Crippen LogP contribution is -2.21. The minimum atomic E-state index is -4.58. The van der Waals surface area contributed by atoms with Gasteiger partial charge in [-0.05, 0) is 32.0 Å². The summed E-state index contributed by atoms with van der Waals surface area (Å²) in [7, 11) is 0. The number of halogens is 4. The van der Waals surface area contributed by atoms with Crippen molar-refractivity contribution in [1.82, 2.24) is 5.16 Å². The number of rotatable bonds is 4. The molecular weight excluding hydrogens is 365 g/mol. The molecule has 0 unspecified atom stereocenters. The van der Waals surface area contributed by atoms with Crippen molar-refractivity contribution in [3.05, 3.63) is 45.8 Å². The summed E-state index contributed by atoms with van der Waals surface area (Å²) in [6.07, 6.45) is -4.58. The highest BCUT2D eigenvalue weighted by Crippen LogP contribution is 2.33. The zero-order valence-electron chi connectivity index (χ0n) is 13.0. The van der Waals surface area contributed by atoms with Gasteiger partial charge in [0.15, 0.2) is 6.61 Å². The first-order valence-corrected chi connectivity index (χ1v) is 7.24. The average Bonchev–Trinajstić information content (AvgIpc) is 2.85. The molecule has 2 aromatic rings. The Morgan fingerprint density at radius 1 is 1.32 bits per heavy atom. The van der Waals surface area contributed by atoms with E-state index in [1.165, 1.54) is 13.8 Å². The van der Waals surface area contributed by atoms with Crippen LogP contribution in [0.3, 0.4) is 0 Å². The summed E-state index contributed by atoms with van der Waals surface area (Å²) >= 11 is 5.77. The number of carbonyl (C=O) groups is 2. The molecule has 0 saturated carbocycles.